The molecule has 2 N–H and O–H groups in total. The van der Waals surface area contributed by atoms with Crippen LogP contribution in [0.1, 0.15) is 13.8 Å². The summed E-state index contributed by atoms with van der Waals surface area (Å²) >= 11 is 0. The van der Waals surface area contributed by atoms with Crippen LogP contribution in [0.25, 0.3) is 0 Å². The van der Waals surface area contributed by atoms with Crippen molar-refractivity contribution in [1.29, 1.82) is 0 Å². The van der Waals surface area contributed by atoms with Crippen molar-refractivity contribution in [3.8, 4) is 11.5 Å². The van der Waals surface area contributed by atoms with Crippen LogP contribution in [0.4, 0.5) is 0 Å². The van der Waals surface area contributed by atoms with Crippen LogP contribution in [-0.2, 0) is 19.5 Å². The second-order valence-electron chi connectivity index (χ2n) is 1.52. The molecule has 0 bridgehead atoms. The van der Waals surface area contributed by atoms with Gasteiger partial charge in [-0.2, -0.15) is 13.8 Å². The summed E-state index contributed by atoms with van der Waals surface area (Å²) in [7, 11) is 0. The Bertz CT molecular complexity index is 152. The molecule has 0 heterocycles. The molecule has 1 aromatic rings. The minimum absolute atomic E-state index is 0. The second kappa shape index (κ2) is 14.0. The number of hydrogen-bond acceptors (Lipinski definition) is 2. The topological polar surface area (TPSA) is 40.5 Å². The van der Waals surface area contributed by atoms with Crippen molar-refractivity contribution in [1.82, 2.24) is 0 Å². The smallest absolute Gasteiger partial charge is 0.508 e. The maximum atomic E-state index is 8.65. The summed E-state index contributed by atoms with van der Waals surface area (Å²) in [6.45, 7) is 10.0. The fourth-order valence-electron chi connectivity index (χ4n) is 0.453. The van der Waals surface area contributed by atoms with Gasteiger partial charge >= 0.3 is 19.5 Å². The van der Waals surface area contributed by atoms with Crippen LogP contribution in [0.2, 0.25) is 0 Å². The van der Waals surface area contributed by atoms with Gasteiger partial charge in [0.15, 0.2) is 0 Å². The van der Waals surface area contributed by atoms with Crippen LogP contribution in [-0.4, -0.2) is 10.2 Å². The number of phenolic OH excluding ortho intramolecular Hbond substituents is 2. The molecule has 70 valence electrons. The van der Waals surface area contributed by atoms with Crippen LogP contribution in [0.5, 0.6) is 11.5 Å². The third-order valence-corrected chi connectivity index (χ3v) is 0.850. The molecule has 0 aliphatic carbocycles. The standard InChI is InChI=1S/C6H6O2.2C2H5.Zn/c7-5-1-2-6(8)4-3-5;2*1-2;/h1-4,7-8H;2*1H2,2H3;/q;2*-1;+2. The van der Waals surface area contributed by atoms with E-state index in [0.717, 1.165) is 0 Å². The van der Waals surface area contributed by atoms with Crippen LogP contribution in [0, 0.1) is 13.8 Å². The van der Waals surface area contributed by atoms with E-state index in [-0.39, 0.29) is 31.0 Å². The van der Waals surface area contributed by atoms with Gasteiger partial charge in [0.1, 0.15) is 11.5 Å². The molecule has 0 atom stereocenters. The fourth-order valence-corrected chi connectivity index (χ4v) is 0.453. The predicted molar refractivity (Wildman–Crippen MR) is 51.8 cm³/mol. The zero-order chi connectivity index (χ0) is 9.98. The molecule has 0 spiro atoms. The van der Waals surface area contributed by atoms with Crippen molar-refractivity contribution in [2.45, 2.75) is 13.8 Å². The van der Waals surface area contributed by atoms with Crippen LogP contribution in [0.3, 0.4) is 0 Å². The SMILES string of the molecule is Oc1ccc(O)cc1.[CH2-]C.[CH2-]C.[Zn+2]. The Morgan fingerprint density at radius 3 is 1.08 bits per heavy atom. The number of benzene rings is 1. The average Bonchev–Trinajstić information content (AvgIpc) is 2.17. The molecular formula is C10H16O2Zn. The minimum Gasteiger partial charge on any atom is -0.508 e. The van der Waals surface area contributed by atoms with Gasteiger partial charge in [-0.05, 0) is 24.3 Å². The van der Waals surface area contributed by atoms with E-state index in [1.165, 1.54) is 24.3 Å². The second-order valence-corrected chi connectivity index (χ2v) is 1.52. The first-order valence-corrected chi connectivity index (χ1v) is 3.68. The molecule has 0 amide bonds. The van der Waals surface area contributed by atoms with Crippen molar-refractivity contribution >= 4 is 0 Å². The first-order chi connectivity index (χ1) is 5.79. The van der Waals surface area contributed by atoms with E-state index in [4.69, 9.17) is 10.2 Å². The molecule has 0 saturated heterocycles. The average molecular weight is 234 g/mol. The molecule has 0 aromatic heterocycles. The normalized spacial score (nSPS) is 6.46. The number of aromatic hydroxyl groups is 2. The molecule has 1 rings (SSSR count). The summed E-state index contributed by atoms with van der Waals surface area (Å²) in [5, 5.41) is 17.3. The van der Waals surface area contributed by atoms with Gasteiger partial charge in [0, 0.05) is 0 Å². The zero-order valence-corrected chi connectivity index (χ0v) is 11.3. The van der Waals surface area contributed by atoms with Gasteiger partial charge in [-0.15, -0.1) is 0 Å². The van der Waals surface area contributed by atoms with Crippen molar-refractivity contribution < 1.29 is 29.7 Å². The maximum Gasteiger partial charge on any atom is 2.00 e. The Labute approximate surface area is 93.4 Å². The first kappa shape index (κ1) is 18.3. The Hall–Kier alpha value is -0.557. The summed E-state index contributed by atoms with van der Waals surface area (Å²) in [6, 6.07) is 5.70. The van der Waals surface area contributed by atoms with E-state index in [2.05, 4.69) is 13.8 Å². The van der Waals surface area contributed by atoms with E-state index in [1.54, 1.807) is 13.8 Å². The van der Waals surface area contributed by atoms with Gasteiger partial charge in [0.2, 0.25) is 0 Å². The predicted octanol–water partition coefficient (Wildman–Crippen LogP) is 2.78. The third-order valence-electron chi connectivity index (χ3n) is 0.850. The Morgan fingerprint density at radius 2 is 0.923 bits per heavy atom. The molecule has 2 nitrogen and oxygen atoms in total. The quantitative estimate of drug-likeness (QED) is 0.411. The van der Waals surface area contributed by atoms with E-state index in [0.29, 0.717) is 0 Å². The number of rotatable bonds is 0. The van der Waals surface area contributed by atoms with E-state index < -0.39 is 0 Å². The summed E-state index contributed by atoms with van der Waals surface area (Å²) in [4.78, 5) is 0. The molecular weight excluding hydrogens is 217 g/mol. The Balaban J connectivity index is -0.000000178. The van der Waals surface area contributed by atoms with Crippen molar-refractivity contribution in [2.75, 3.05) is 0 Å². The molecule has 0 unspecified atom stereocenters. The van der Waals surface area contributed by atoms with Gasteiger partial charge in [0.05, 0.1) is 0 Å². The van der Waals surface area contributed by atoms with E-state index in [9.17, 15) is 0 Å². The van der Waals surface area contributed by atoms with Gasteiger partial charge in [-0.1, -0.05) is 0 Å². The maximum absolute atomic E-state index is 8.65. The molecule has 0 aliphatic rings. The largest absolute Gasteiger partial charge is 2.00 e. The van der Waals surface area contributed by atoms with Crippen molar-refractivity contribution in [3.63, 3.8) is 0 Å². The zero-order valence-electron chi connectivity index (χ0n) is 8.33. The third kappa shape index (κ3) is 11.4. The molecule has 13 heavy (non-hydrogen) atoms. The molecule has 0 radical (unpaired) electrons. The van der Waals surface area contributed by atoms with Crippen molar-refractivity contribution in [2.24, 2.45) is 0 Å². The Morgan fingerprint density at radius 1 is 0.769 bits per heavy atom. The first-order valence-electron chi connectivity index (χ1n) is 3.68. The number of hydrogen-bond donors (Lipinski definition) is 2. The molecule has 3 heteroatoms. The van der Waals surface area contributed by atoms with Crippen LogP contribution >= 0.6 is 0 Å². The molecule has 1 aromatic carbocycles. The van der Waals surface area contributed by atoms with Gasteiger partial charge in [-0.25, -0.2) is 0 Å². The molecule has 0 aliphatic heterocycles. The summed E-state index contributed by atoms with van der Waals surface area (Å²) < 4.78 is 0. The minimum atomic E-state index is 0. The Kier molecular flexibility index (Phi) is 19.7. The molecule has 0 saturated carbocycles. The van der Waals surface area contributed by atoms with Gasteiger partial charge in [-0.3, -0.25) is 0 Å². The number of phenols is 2. The van der Waals surface area contributed by atoms with E-state index in [1.807, 2.05) is 0 Å². The van der Waals surface area contributed by atoms with Crippen LogP contribution in [0.15, 0.2) is 24.3 Å². The summed E-state index contributed by atoms with van der Waals surface area (Å²) in [5.74, 6) is 0.339. The van der Waals surface area contributed by atoms with Gasteiger partial charge < -0.3 is 24.1 Å². The monoisotopic (exact) mass is 232 g/mol. The fraction of sp³-hybridized carbons (Fsp3) is 0.200. The van der Waals surface area contributed by atoms with Crippen LogP contribution < -0.4 is 0 Å². The van der Waals surface area contributed by atoms with Crippen molar-refractivity contribution in [3.05, 3.63) is 38.1 Å². The molecule has 0 fully saturated rings. The summed E-state index contributed by atoms with van der Waals surface area (Å²) in [6.07, 6.45) is 0. The summed E-state index contributed by atoms with van der Waals surface area (Å²) in [5.41, 5.74) is 0. The van der Waals surface area contributed by atoms with E-state index >= 15 is 0 Å². The van der Waals surface area contributed by atoms with Gasteiger partial charge in [0.25, 0.3) is 0 Å².